The summed E-state index contributed by atoms with van der Waals surface area (Å²) < 4.78 is 0. The molecule has 460 valence electrons. The molecule has 3 heterocycles. The van der Waals surface area contributed by atoms with Crippen molar-refractivity contribution in [3.8, 4) is 0 Å². The second-order valence-electron chi connectivity index (χ2n) is 21.6. The third kappa shape index (κ3) is 20.5. The first kappa shape index (κ1) is 65.4. The molecule has 2 aliphatic heterocycles. The van der Waals surface area contributed by atoms with Gasteiger partial charge in [0, 0.05) is 77.7 Å². The minimum absolute atomic E-state index is 0.0861. The fourth-order valence-electron chi connectivity index (χ4n) is 9.93. The number of nitrogens with zero attached hydrogens (tertiary/aromatic N) is 5. The van der Waals surface area contributed by atoms with E-state index in [1.54, 1.807) is 66.0 Å². The average molecular weight is 1180 g/mol. The van der Waals surface area contributed by atoms with Gasteiger partial charge in [0.1, 0.15) is 30.0 Å². The molecule has 0 aliphatic carbocycles. The minimum atomic E-state index is -1.15. The number of urea groups is 1. The Labute approximate surface area is 496 Å². The van der Waals surface area contributed by atoms with Crippen LogP contribution in [-0.2, 0) is 53.1 Å². The van der Waals surface area contributed by atoms with Gasteiger partial charge in [0.15, 0.2) is 5.96 Å². The largest absolute Gasteiger partial charge is 0.370 e. The molecule has 5 atom stereocenters. The first-order valence-electron chi connectivity index (χ1n) is 29.6. The molecule has 0 saturated carbocycles. The number of hydrogen-bond acceptors (Lipinski definition) is 12. The molecule has 1 aromatic heterocycles. The standard InChI is InChI=1S/C60H86N16O9/c1-6-43-55(81)72-49(34-40-20-11-10-12-21-40)57(83)71-48(56(82)70-47(25-19-32-65-59(61)62-4)54(80)66-36-52(78)69-43)24-15-17-30-63-51(77)29-26-39(3)53(79)64-31-16-8-9-18-33-75-37-42-35-41(27-28-44(42)73-76(7-2)60(75)85)58(84)74(5)38-50-67-45-22-13-14-23-46(45)68-50/h10-14,20-23,27-28,35,39,43,47-49,73H,6-9,15-19,24-26,29-34,36-38H2,1-5H3,(H,63,77)(H,64,79)(H,66,80)(H,67,68)(H,69,78)(H,70,82)(H,71,83)(H,72,81)(H3,61,62,65)/t39-,43+,47?,48?,49-/m1/s1. The molecule has 2 aliphatic rings. The zero-order valence-electron chi connectivity index (χ0n) is 49.7. The molecule has 3 aromatic carbocycles. The maximum atomic E-state index is 14.1. The summed E-state index contributed by atoms with van der Waals surface area (Å²) in [6.07, 6.45) is 5.29. The molecule has 10 amide bonds. The van der Waals surface area contributed by atoms with Crippen LogP contribution in [0.15, 0.2) is 77.8 Å². The first-order valence-corrected chi connectivity index (χ1v) is 29.6. The Balaban J connectivity index is 0.925. The van der Waals surface area contributed by atoms with Gasteiger partial charge in [-0.1, -0.05) is 69.2 Å². The third-order valence-corrected chi connectivity index (χ3v) is 15.0. The number of nitrogens with one attached hydrogen (secondary N) is 10. The minimum Gasteiger partial charge on any atom is -0.370 e. The number of aliphatic imine (C=N–C) groups is 1. The predicted molar refractivity (Wildman–Crippen MR) is 323 cm³/mol. The van der Waals surface area contributed by atoms with Crippen molar-refractivity contribution in [3.05, 3.63) is 95.3 Å². The lowest BCUT2D eigenvalue weighted by atomic mass is 10.0. The predicted octanol–water partition coefficient (Wildman–Crippen LogP) is 2.83. The number of aromatic nitrogens is 2. The fourth-order valence-corrected chi connectivity index (χ4v) is 9.93. The number of imidazole rings is 1. The van der Waals surface area contributed by atoms with Gasteiger partial charge in [0.05, 0.1) is 29.8 Å². The van der Waals surface area contributed by atoms with Crippen molar-refractivity contribution >= 4 is 76.0 Å². The van der Waals surface area contributed by atoms with Crippen molar-refractivity contribution in [1.82, 2.24) is 67.3 Å². The summed E-state index contributed by atoms with van der Waals surface area (Å²) in [5.74, 6) is -3.26. The van der Waals surface area contributed by atoms with Gasteiger partial charge >= 0.3 is 6.03 Å². The number of benzene rings is 3. The Morgan fingerprint density at radius 2 is 1.41 bits per heavy atom. The molecule has 25 nitrogen and oxygen atoms in total. The van der Waals surface area contributed by atoms with Crippen LogP contribution < -0.4 is 53.7 Å². The summed E-state index contributed by atoms with van der Waals surface area (Å²) in [4.78, 5) is 137. The molecule has 6 rings (SSSR count). The lowest BCUT2D eigenvalue weighted by Gasteiger charge is -2.26. The highest BCUT2D eigenvalue weighted by Crippen LogP contribution is 2.26. The number of unbranched alkanes of at least 4 members (excludes halogenated alkanes) is 4. The highest BCUT2D eigenvalue weighted by Gasteiger charge is 2.33. The second-order valence-corrected chi connectivity index (χ2v) is 21.6. The van der Waals surface area contributed by atoms with Crippen molar-refractivity contribution < 1.29 is 43.2 Å². The van der Waals surface area contributed by atoms with Crippen LogP contribution in [0.5, 0.6) is 0 Å². The molecular formula is C60H86N16O9. The summed E-state index contributed by atoms with van der Waals surface area (Å²) in [5.41, 5.74) is 13.6. The molecule has 85 heavy (non-hydrogen) atoms. The highest BCUT2D eigenvalue weighted by atomic mass is 16.2. The number of anilines is 1. The maximum Gasteiger partial charge on any atom is 0.338 e. The quantitative estimate of drug-likeness (QED) is 0.0233. The first-order chi connectivity index (χ1) is 41.0. The number of nitrogens with two attached hydrogens (primary N) is 1. The summed E-state index contributed by atoms with van der Waals surface area (Å²) in [7, 11) is 3.26. The molecule has 0 bridgehead atoms. The van der Waals surface area contributed by atoms with Gasteiger partial charge in [0.25, 0.3) is 5.91 Å². The van der Waals surface area contributed by atoms with Gasteiger partial charge < -0.3 is 63.1 Å². The van der Waals surface area contributed by atoms with Crippen molar-refractivity contribution in [2.45, 2.75) is 141 Å². The van der Waals surface area contributed by atoms with E-state index in [-0.39, 0.29) is 68.4 Å². The topological polar surface area (TPSA) is 339 Å². The Morgan fingerprint density at radius 3 is 2.15 bits per heavy atom. The lowest BCUT2D eigenvalue weighted by molar-refractivity contribution is -0.134. The molecule has 1 saturated heterocycles. The van der Waals surface area contributed by atoms with Crippen LogP contribution in [0, 0.1) is 5.92 Å². The second kappa shape index (κ2) is 33.5. The van der Waals surface area contributed by atoms with E-state index in [1.807, 2.05) is 49.4 Å². The van der Waals surface area contributed by atoms with E-state index in [2.05, 4.69) is 62.9 Å². The normalized spacial score (nSPS) is 18.4. The monoisotopic (exact) mass is 1170 g/mol. The van der Waals surface area contributed by atoms with Crippen molar-refractivity contribution in [1.29, 1.82) is 0 Å². The van der Waals surface area contributed by atoms with Gasteiger partial charge in [-0.15, -0.1) is 0 Å². The number of H-pyrrole nitrogens is 1. The van der Waals surface area contributed by atoms with E-state index in [4.69, 9.17) is 5.73 Å². The number of guanidine groups is 1. The molecule has 0 spiro atoms. The number of hydrazine groups is 1. The van der Waals surface area contributed by atoms with Gasteiger partial charge in [-0.05, 0) is 106 Å². The highest BCUT2D eigenvalue weighted by molar-refractivity contribution is 5.98. The number of carbonyl (C=O) groups is 9. The zero-order valence-corrected chi connectivity index (χ0v) is 49.7. The lowest BCUT2D eigenvalue weighted by Crippen LogP contribution is -2.58. The van der Waals surface area contributed by atoms with Crippen molar-refractivity contribution in [3.63, 3.8) is 0 Å². The smallest absolute Gasteiger partial charge is 0.338 e. The number of amides is 10. The molecule has 1 fully saturated rings. The summed E-state index contributed by atoms with van der Waals surface area (Å²) in [5, 5.41) is 23.9. The Morgan fingerprint density at radius 1 is 0.753 bits per heavy atom. The van der Waals surface area contributed by atoms with Crippen LogP contribution >= 0.6 is 0 Å². The van der Waals surface area contributed by atoms with E-state index in [0.29, 0.717) is 76.3 Å². The number of aromatic amines is 1. The van der Waals surface area contributed by atoms with E-state index >= 15 is 0 Å². The average Bonchev–Trinajstić information content (AvgIpc) is 3.00. The Hall–Kier alpha value is -8.77. The number of rotatable bonds is 27. The van der Waals surface area contributed by atoms with Gasteiger partial charge in [-0.25, -0.2) is 14.8 Å². The summed E-state index contributed by atoms with van der Waals surface area (Å²) in [6.45, 7) is 7.56. The van der Waals surface area contributed by atoms with Crippen LogP contribution in [0.3, 0.4) is 0 Å². The molecule has 12 N–H and O–H groups in total. The van der Waals surface area contributed by atoms with Crippen LogP contribution in [0.2, 0.25) is 0 Å². The molecule has 4 aromatic rings. The van der Waals surface area contributed by atoms with Crippen LogP contribution in [0.1, 0.15) is 125 Å². The molecular weight excluding hydrogens is 1090 g/mol. The number of carbonyl (C=O) groups excluding carboxylic acids is 9. The third-order valence-electron chi connectivity index (χ3n) is 15.0. The van der Waals surface area contributed by atoms with Crippen LogP contribution in [0.25, 0.3) is 11.0 Å². The molecule has 2 unspecified atom stereocenters. The van der Waals surface area contributed by atoms with E-state index in [0.717, 1.165) is 53.5 Å². The summed E-state index contributed by atoms with van der Waals surface area (Å²) >= 11 is 0. The molecule has 25 heteroatoms. The Kier molecular flexibility index (Phi) is 25.8. The number of para-hydroxylation sites is 2. The van der Waals surface area contributed by atoms with Crippen LogP contribution in [0.4, 0.5) is 10.5 Å². The van der Waals surface area contributed by atoms with E-state index < -0.39 is 66.2 Å². The van der Waals surface area contributed by atoms with Gasteiger partial charge in [0.2, 0.25) is 41.4 Å². The van der Waals surface area contributed by atoms with Gasteiger partial charge in [-0.2, -0.15) is 0 Å². The SMILES string of the molecule is CC[C@@H]1NC(=O)CNC(=O)C(CCCNC(N)=NC)NC(=O)C(CCCCNC(=O)CC[C@@H](C)C(=O)NCCCCCCN2Cc3cc(C(=O)N(C)Cc4nc5ccccc5[nH]4)ccc3NN(CC)C2=O)NC(=O)[C@@H](Cc2ccccc2)NC1=O. The van der Waals surface area contributed by atoms with Crippen LogP contribution in [-0.4, -0.2) is 162 Å². The van der Waals surface area contributed by atoms with Gasteiger partial charge in [-0.3, -0.25) is 48.8 Å². The summed E-state index contributed by atoms with van der Waals surface area (Å²) in [6, 6.07) is 17.7. The number of hydrogen-bond donors (Lipinski definition) is 11. The number of fused-ring (bicyclic) bond motifs is 2. The maximum absolute atomic E-state index is 14.1. The zero-order chi connectivity index (χ0) is 61.3. The van der Waals surface area contributed by atoms with Crippen molar-refractivity contribution in [2.75, 3.05) is 58.8 Å². The molecule has 0 radical (unpaired) electrons. The van der Waals surface area contributed by atoms with E-state index in [1.165, 1.54) is 7.05 Å². The van der Waals surface area contributed by atoms with E-state index in [9.17, 15) is 43.2 Å². The van der Waals surface area contributed by atoms with Crippen molar-refractivity contribution in [2.24, 2.45) is 16.6 Å². The Bertz CT molecular complexity index is 2920. The fraction of sp³-hybridized carbons (Fsp3) is 0.517.